The van der Waals surface area contributed by atoms with Gasteiger partial charge in [0.25, 0.3) is 0 Å². The summed E-state index contributed by atoms with van der Waals surface area (Å²) in [5.74, 6) is -0.807. The lowest BCUT2D eigenvalue weighted by Gasteiger charge is -2.33. The standard InChI is InChI=1S/C19H21ClFN3O3S/c1-14-5-6-18(17(20)11-14)22-19(25)13-23-7-9-24(10-8-23)28(26,27)16-4-2-3-15(21)12-16/h2-6,11-12H,7-10,13H2,1H3,(H,22,25). The fraction of sp³-hybridized carbons (Fsp3) is 0.316. The summed E-state index contributed by atoms with van der Waals surface area (Å²) in [6, 6.07) is 10.3. The highest BCUT2D eigenvalue weighted by molar-refractivity contribution is 7.89. The van der Waals surface area contributed by atoms with Gasteiger partial charge in [-0.05, 0) is 42.8 Å². The number of amides is 1. The van der Waals surface area contributed by atoms with Crippen LogP contribution in [-0.2, 0) is 14.8 Å². The van der Waals surface area contributed by atoms with Crippen molar-refractivity contribution < 1.29 is 17.6 Å². The van der Waals surface area contributed by atoms with Crippen molar-refractivity contribution in [2.24, 2.45) is 0 Å². The van der Waals surface area contributed by atoms with Crippen molar-refractivity contribution in [2.45, 2.75) is 11.8 Å². The molecule has 0 unspecified atom stereocenters. The van der Waals surface area contributed by atoms with Crippen LogP contribution in [0.25, 0.3) is 0 Å². The third kappa shape index (κ3) is 4.88. The van der Waals surface area contributed by atoms with Crippen LogP contribution in [0, 0.1) is 12.7 Å². The van der Waals surface area contributed by atoms with E-state index >= 15 is 0 Å². The van der Waals surface area contributed by atoms with Crippen molar-refractivity contribution >= 4 is 33.2 Å². The predicted molar refractivity (Wildman–Crippen MR) is 106 cm³/mol. The van der Waals surface area contributed by atoms with Crippen molar-refractivity contribution in [3.8, 4) is 0 Å². The number of anilines is 1. The van der Waals surface area contributed by atoms with Gasteiger partial charge >= 0.3 is 0 Å². The van der Waals surface area contributed by atoms with Gasteiger partial charge in [-0.2, -0.15) is 4.31 Å². The van der Waals surface area contributed by atoms with E-state index in [-0.39, 0.29) is 30.4 Å². The highest BCUT2D eigenvalue weighted by Crippen LogP contribution is 2.23. The first-order chi connectivity index (χ1) is 13.3. The largest absolute Gasteiger partial charge is 0.324 e. The number of halogens is 2. The summed E-state index contributed by atoms with van der Waals surface area (Å²) in [6.07, 6.45) is 0. The number of piperazine rings is 1. The average molecular weight is 426 g/mol. The fourth-order valence-corrected chi connectivity index (χ4v) is 4.76. The molecule has 0 atom stereocenters. The zero-order valence-corrected chi connectivity index (χ0v) is 16.9. The van der Waals surface area contributed by atoms with Crippen molar-refractivity contribution in [3.63, 3.8) is 0 Å². The molecule has 6 nitrogen and oxygen atoms in total. The zero-order valence-electron chi connectivity index (χ0n) is 15.4. The third-order valence-corrected chi connectivity index (χ3v) is 6.74. The fourth-order valence-electron chi connectivity index (χ4n) is 3.02. The topological polar surface area (TPSA) is 69.7 Å². The van der Waals surface area contributed by atoms with E-state index in [2.05, 4.69) is 5.32 Å². The van der Waals surface area contributed by atoms with Crippen molar-refractivity contribution in [1.82, 2.24) is 9.21 Å². The van der Waals surface area contributed by atoms with E-state index in [4.69, 9.17) is 11.6 Å². The van der Waals surface area contributed by atoms with Gasteiger partial charge in [0.05, 0.1) is 22.2 Å². The van der Waals surface area contributed by atoms with E-state index in [1.54, 1.807) is 12.1 Å². The number of sulfonamides is 1. The minimum atomic E-state index is -3.75. The molecule has 2 aromatic carbocycles. The van der Waals surface area contributed by atoms with Gasteiger partial charge in [0.15, 0.2) is 0 Å². The molecule has 2 aromatic rings. The maximum Gasteiger partial charge on any atom is 0.243 e. The lowest BCUT2D eigenvalue weighted by Crippen LogP contribution is -2.50. The normalized spacial score (nSPS) is 16.1. The Morgan fingerprint density at radius 2 is 1.86 bits per heavy atom. The van der Waals surface area contributed by atoms with Gasteiger partial charge in [-0.3, -0.25) is 9.69 Å². The molecule has 0 aromatic heterocycles. The average Bonchev–Trinajstić information content (AvgIpc) is 2.64. The Morgan fingerprint density at radius 1 is 1.14 bits per heavy atom. The lowest BCUT2D eigenvalue weighted by molar-refractivity contribution is -0.117. The zero-order chi connectivity index (χ0) is 20.3. The molecule has 0 saturated carbocycles. The number of benzene rings is 2. The van der Waals surface area contributed by atoms with E-state index in [1.807, 2.05) is 17.9 Å². The molecule has 0 aliphatic carbocycles. The van der Waals surface area contributed by atoms with Crippen molar-refractivity contribution in [3.05, 3.63) is 58.9 Å². The van der Waals surface area contributed by atoms with Crippen molar-refractivity contribution in [2.75, 3.05) is 38.0 Å². The summed E-state index contributed by atoms with van der Waals surface area (Å²) in [7, 11) is -3.75. The molecule has 1 fully saturated rings. The highest BCUT2D eigenvalue weighted by Gasteiger charge is 2.29. The molecule has 28 heavy (non-hydrogen) atoms. The van der Waals surface area contributed by atoms with Gasteiger partial charge in [-0.15, -0.1) is 0 Å². The van der Waals surface area contributed by atoms with Crippen LogP contribution in [0.2, 0.25) is 5.02 Å². The van der Waals surface area contributed by atoms with Gasteiger partial charge in [0, 0.05) is 26.2 Å². The first kappa shape index (κ1) is 20.7. The molecule has 3 rings (SSSR count). The Kier molecular flexibility index (Phi) is 6.34. The minimum absolute atomic E-state index is 0.0623. The molecule has 0 spiro atoms. The number of aryl methyl sites for hydroxylation is 1. The molecule has 0 radical (unpaired) electrons. The van der Waals surface area contributed by atoms with Crippen LogP contribution < -0.4 is 5.32 Å². The molecule has 1 aliphatic heterocycles. The first-order valence-electron chi connectivity index (χ1n) is 8.80. The number of carbonyl (C=O) groups excluding carboxylic acids is 1. The van der Waals surface area contributed by atoms with E-state index in [0.717, 1.165) is 11.6 Å². The van der Waals surface area contributed by atoms with Crippen LogP contribution in [0.4, 0.5) is 10.1 Å². The van der Waals surface area contributed by atoms with Crippen LogP contribution in [0.1, 0.15) is 5.56 Å². The van der Waals surface area contributed by atoms with Crippen LogP contribution in [0.3, 0.4) is 0 Å². The Bertz CT molecular complexity index is 976. The second-order valence-electron chi connectivity index (χ2n) is 6.67. The van der Waals surface area contributed by atoms with E-state index in [0.29, 0.717) is 23.8 Å². The summed E-state index contributed by atoms with van der Waals surface area (Å²) in [5.41, 5.74) is 1.54. The van der Waals surface area contributed by atoms with Crippen LogP contribution >= 0.6 is 11.6 Å². The quantitative estimate of drug-likeness (QED) is 0.799. The predicted octanol–water partition coefficient (Wildman–Crippen LogP) is 2.73. The highest BCUT2D eigenvalue weighted by atomic mass is 35.5. The van der Waals surface area contributed by atoms with Gasteiger partial charge in [-0.1, -0.05) is 23.7 Å². The monoisotopic (exact) mass is 425 g/mol. The van der Waals surface area contributed by atoms with Gasteiger partial charge in [0.2, 0.25) is 15.9 Å². The maximum absolute atomic E-state index is 13.4. The maximum atomic E-state index is 13.4. The minimum Gasteiger partial charge on any atom is -0.324 e. The molecular formula is C19H21ClFN3O3S. The van der Waals surface area contributed by atoms with Gasteiger partial charge in [-0.25, -0.2) is 12.8 Å². The molecule has 150 valence electrons. The summed E-state index contributed by atoms with van der Waals surface area (Å²) in [4.78, 5) is 14.1. The molecule has 1 heterocycles. The van der Waals surface area contributed by atoms with Crippen LogP contribution in [0.15, 0.2) is 47.4 Å². The molecule has 1 N–H and O–H groups in total. The Labute approximate surface area is 168 Å². The third-order valence-electron chi connectivity index (χ3n) is 4.53. The molecule has 1 amide bonds. The molecule has 9 heteroatoms. The summed E-state index contributed by atoms with van der Waals surface area (Å²) in [5, 5.41) is 3.24. The SMILES string of the molecule is Cc1ccc(NC(=O)CN2CCN(S(=O)(=O)c3cccc(F)c3)CC2)c(Cl)c1. The molecular weight excluding hydrogens is 405 g/mol. The van der Waals surface area contributed by atoms with Crippen LogP contribution in [0.5, 0.6) is 0 Å². The van der Waals surface area contributed by atoms with E-state index in [1.165, 1.54) is 22.5 Å². The number of nitrogens with zero attached hydrogens (tertiary/aromatic N) is 2. The summed E-state index contributed by atoms with van der Waals surface area (Å²) >= 11 is 6.13. The van der Waals surface area contributed by atoms with E-state index < -0.39 is 15.8 Å². The number of nitrogens with one attached hydrogen (secondary N) is 1. The van der Waals surface area contributed by atoms with Crippen molar-refractivity contribution in [1.29, 1.82) is 0 Å². The summed E-state index contributed by atoms with van der Waals surface area (Å²) < 4.78 is 39.9. The summed E-state index contributed by atoms with van der Waals surface area (Å²) in [6.45, 7) is 3.33. The Morgan fingerprint density at radius 3 is 2.50 bits per heavy atom. The van der Waals surface area contributed by atoms with Gasteiger partial charge < -0.3 is 5.32 Å². The Hall–Kier alpha value is -2.00. The van der Waals surface area contributed by atoms with E-state index in [9.17, 15) is 17.6 Å². The number of rotatable bonds is 5. The first-order valence-corrected chi connectivity index (χ1v) is 10.6. The number of hydrogen-bond donors (Lipinski definition) is 1. The molecule has 1 aliphatic rings. The molecule has 0 bridgehead atoms. The van der Waals surface area contributed by atoms with Gasteiger partial charge in [0.1, 0.15) is 5.82 Å². The molecule has 1 saturated heterocycles. The smallest absolute Gasteiger partial charge is 0.243 e. The lowest BCUT2D eigenvalue weighted by atomic mass is 10.2. The van der Waals surface area contributed by atoms with Crippen LogP contribution in [-0.4, -0.2) is 56.3 Å². The number of carbonyl (C=O) groups is 1. The second kappa shape index (κ2) is 8.57. The number of hydrogen-bond acceptors (Lipinski definition) is 4. The Balaban J connectivity index is 1.56. The second-order valence-corrected chi connectivity index (χ2v) is 9.01.